The second-order valence-corrected chi connectivity index (χ2v) is 7.05. The lowest BCUT2D eigenvalue weighted by Crippen LogP contribution is -2.34. The number of anilines is 1. The van der Waals surface area contributed by atoms with E-state index in [1.54, 1.807) is 12.4 Å². The Hall–Kier alpha value is -2.21. The highest BCUT2D eigenvalue weighted by Gasteiger charge is 2.44. The summed E-state index contributed by atoms with van der Waals surface area (Å²) >= 11 is 1.48. The molecule has 0 unspecified atom stereocenters. The van der Waals surface area contributed by atoms with Gasteiger partial charge in [0.1, 0.15) is 0 Å². The second-order valence-electron chi connectivity index (χ2n) is 6.00. The lowest BCUT2D eigenvalue weighted by atomic mass is 10.2. The first-order valence-electron chi connectivity index (χ1n) is 8.07. The van der Waals surface area contributed by atoms with E-state index in [9.17, 15) is 4.79 Å². The Labute approximate surface area is 144 Å². The fourth-order valence-electron chi connectivity index (χ4n) is 3.07. The number of carbonyl (C=O) groups is 1. The number of aromatic nitrogens is 1. The molecule has 1 N–H and O–H groups in total. The van der Waals surface area contributed by atoms with E-state index < -0.39 is 5.79 Å². The molecule has 1 aromatic heterocycles. The quantitative estimate of drug-likeness (QED) is 0.855. The lowest BCUT2D eigenvalue weighted by Gasteiger charge is -2.21. The van der Waals surface area contributed by atoms with Crippen molar-refractivity contribution < 1.29 is 14.3 Å². The monoisotopic (exact) mass is 342 g/mol. The second kappa shape index (κ2) is 6.36. The summed E-state index contributed by atoms with van der Waals surface area (Å²) < 4.78 is 12.0. The van der Waals surface area contributed by atoms with Gasteiger partial charge in [-0.1, -0.05) is 0 Å². The number of hydrogen-bond donors (Lipinski definition) is 1. The predicted molar refractivity (Wildman–Crippen MR) is 92.5 cm³/mol. The molecule has 6 heteroatoms. The van der Waals surface area contributed by atoms with Crippen molar-refractivity contribution in [2.45, 2.75) is 36.4 Å². The fraction of sp³-hybridized carbons (Fsp3) is 0.333. The van der Waals surface area contributed by atoms with Gasteiger partial charge in [0, 0.05) is 41.9 Å². The molecule has 2 heterocycles. The van der Waals surface area contributed by atoms with Gasteiger partial charge in [0.25, 0.3) is 5.79 Å². The molecule has 5 nitrogen and oxygen atoms in total. The number of pyridine rings is 1. The standard InChI is InChI=1S/C18H18N2O3S/c21-17(12-24-14-5-9-19-10-6-14)20-13-3-4-15-16(11-13)23-18(22-15)7-1-2-8-18/h3-6,9-11H,1-2,7-8,12H2,(H,20,21). The fourth-order valence-corrected chi connectivity index (χ4v) is 3.75. The molecule has 124 valence electrons. The first-order chi connectivity index (χ1) is 11.7. The van der Waals surface area contributed by atoms with Gasteiger partial charge in [0.05, 0.1) is 5.75 Å². The van der Waals surface area contributed by atoms with E-state index in [1.165, 1.54) is 11.8 Å². The van der Waals surface area contributed by atoms with Crippen LogP contribution in [0, 0.1) is 0 Å². The maximum absolute atomic E-state index is 12.1. The van der Waals surface area contributed by atoms with Crippen LogP contribution in [0.15, 0.2) is 47.6 Å². The Bertz CT molecular complexity index is 745. The number of nitrogens with zero attached hydrogens (tertiary/aromatic N) is 1. The average molecular weight is 342 g/mol. The lowest BCUT2D eigenvalue weighted by molar-refractivity contribution is -0.113. The van der Waals surface area contributed by atoms with Crippen LogP contribution in [0.1, 0.15) is 25.7 Å². The third kappa shape index (κ3) is 3.19. The zero-order valence-corrected chi connectivity index (χ0v) is 14.0. The Kier molecular flexibility index (Phi) is 4.06. The van der Waals surface area contributed by atoms with Gasteiger partial charge < -0.3 is 14.8 Å². The summed E-state index contributed by atoms with van der Waals surface area (Å²) in [5, 5.41) is 2.91. The van der Waals surface area contributed by atoms with Crippen molar-refractivity contribution >= 4 is 23.4 Å². The van der Waals surface area contributed by atoms with Crippen LogP contribution in [0.5, 0.6) is 11.5 Å². The number of fused-ring (bicyclic) bond motifs is 1. The van der Waals surface area contributed by atoms with E-state index >= 15 is 0 Å². The molecule has 24 heavy (non-hydrogen) atoms. The zero-order valence-electron chi connectivity index (χ0n) is 13.2. The maximum Gasteiger partial charge on any atom is 0.251 e. The average Bonchev–Trinajstić information content (AvgIpc) is 3.20. The van der Waals surface area contributed by atoms with Gasteiger partial charge in [-0.05, 0) is 37.1 Å². The van der Waals surface area contributed by atoms with Crippen molar-refractivity contribution in [2.75, 3.05) is 11.1 Å². The summed E-state index contributed by atoms with van der Waals surface area (Å²) in [5.74, 6) is 1.31. The highest BCUT2D eigenvalue weighted by Crippen LogP contribution is 2.47. The highest BCUT2D eigenvalue weighted by molar-refractivity contribution is 8.00. The number of benzene rings is 1. The van der Waals surface area contributed by atoms with Crippen LogP contribution in [-0.2, 0) is 4.79 Å². The minimum Gasteiger partial charge on any atom is -0.448 e. The van der Waals surface area contributed by atoms with Gasteiger partial charge in [-0.2, -0.15) is 0 Å². The molecule has 1 saturated carbocycles. The smallest absolute Gasteiger partial charge is 0.251 e. The number of ether oxygens (including phenoxy) is 2. The molecule has 2 aliphatic rings. The van der Waals surface area contributed by atoms with Crippen LogP contribution in [-0.4, -0.2) is 22.4 Å². The van der Waals surface area contributed by atoms with Crippen molar-refractivity contribution in [3.05, 3.63) is 42.7 Å². The normalized spacial score (nSPS) is 17.2. The van der Waals surface area contributed by atoms with Crippen LogP contribution < -0.4 is 14.8 Å². The van der Waals surface area contributed by atoms with Crippen LogP contribution in [0.2, 0.25) is 0 Å². The van der Waals surface area contributed by atoms with E-state index in [0.717, 1.165) is 47.8 Å². The van der Waals surface area contributed by atoms with Crippen LogP contribution in [0.25, 0.3) is 0 Å². The van der Waals surface area contributed by atoms with Crippen molar-refractivity contribution in [1.82, 2.24) is 4.98 Å². The van der Waals surface area contributed by atoms with Crippen molar-refractivity contribution in [3.63, 3.8) is 0 Å². The number of rotatable bonds is 4. The summed E-state index contributed by atoms with van der Waals surface area (Å²) in [6.45, 7) is 0. The number of amides is 1. The van der Waals surface area contributed by atoms with Crippen molar-refractivity contribution in [2.24, 2.45) is 0 Å². The molecule has 2 aromatic rings. The number of nitrogens with one attached hydrogen (secondary N) is 1. The van der Waals surface area contributed by atoms with Crippen LogP contribution in [0.3, 0.4) is 0 Å². The molecule has 4 rings (SSSR count). The Morgan fingerprint density at radius 3 is 2.67 bits per heavy atom. The molecule has 0 saturated heterocycles. The summed E-state index contributed by atoms with van der Waals surface area (Å²) in [4.78, 5) is 17.1. The number of hydrogen-bond acceptors (Lipinski definition) is 5. The van der Waals surface area contributed by atoms with Gasteiger partial charge in [-0.25, -0.2) is 0 Å². The molecule has 0 bridgehead atoms. The molecule has 0 radical (unpaired) electrons. The molecular weight excluding hydrogens is 324 g/mol. The molecule has 1 amide bonds. The third-order valence-electron chi connectivity index (χ3n) is 4.20. The van der Waals surface area contributed by atoms with Gasteiger partial charge in [0.15, 0.2) is 11.5 Å². The largest absolute Gasteiger partial charge is 0.448 e. The van der Waals surface area contributed by atoms with E-state index in [-0.39, 0.29) is 5.91 Å². The molecule has 1 aliphatic carbocycles. The maximum atomic E-state index is 12.1. The van der Waals surface area contributed by atoms with Crippen molar-refractivity contribution in [3.8, 4) is 11.5 Å². The van der Waals surface area contributed by atoms with E-state index in [0.29, 0.717) is 5.75 Å². The van der Waals surface area contributed by atoms with Crippen LogP contribution in [0.4, 0.5) is 5.69 Å². The molecule has 1 fully saturated rings. The first-order valence-corrected chi connectivity index (χ1v) is 9.06. The van der Waals surface area contributed by atoms with Crippen LogP contribution >= 0.6 is 11.8 Å². The number of carbonyl (C=O) groups excluding carboxylic acids is 1. The molecule has 1 spiro atoms. The Balaban J connectivity index is 1.37. The first kappa shape index (κ1) is 15.3. The molecular formula is C18H18N2O3S. The van der Waals surface area contributed by atoms with Gasteiger partial charge in [-0.3, -0.25) is 9.78 Å². The van der Waals surface area contributed by atoms with E-state index in [4.69, 9.17) is 9.47 Å². The Morgan fingerprint density at radius 2 is 1.88 bits per heavy atom. The third-order valence-corrected chi connectivity index (χ3v) is 5.22. The summed E-state index contributed by atoms with van der Waals surface area (Å²) in [6, 6.07) is 9.34. The summed E-state index contributed by atoms with van der Waals surface area (Å²) in [6.07, 6.45) is 7.54. The van der Waals surface area contributed by atoms with E-state index in [1.807, 2.05) is 30.3 Å². The minimum atomic E-state index is -0.470. The number of thioether (sulfide) groups is 1. The molecule has 1 aromatic carbocycles. The highest BCUT2D eigenvalue weighted by atomic mass is 32.2. The minimum absolute atomic E-state index is 0.0498. The molecule has 0 atom stereocenters. The zero-order chi connectivity index (χ0) is 16.4. The topological polar surface area (TPSA) is 60.5 Å². The van der Waals surface area contributed by atoms with Crippen molar-refractivity contribution in [1.29, 1.82) is 0 Å². The van der Waals surface area contributed by atoms with Gasteiger partial charge in [0.2, 0.25) is 5.91 Å². The summed E-state index contributed by atoms with van der Waals surface area (Å²) in [7, 11) is 0. The Morgan fingerprint density at radius 1 is 1.12 bits per heavy atom. The van der Waals surface area contributed by atoms with Gasteiger partial charge in [-0.15, -0.1) is 11.8 Å². The predicted octanol–water partition coefficient (Wildman–Crippen LogP) is 3.85. The summed E-state index contributed by atoms with van der Waals surface area (Å²) in [5.41, 5.74) is 0.729. The van der Waals surface area contributed by atoms with E-state index in [2.05, 4.69) is 10.3 Å². The SMILES string of the molecule is O=C(CSc1ccncc1)Nc1ccc2c(c1)OC1(CCCC1)O2. The van der Waals surface area contributed by atoms with Gasteiger partial charge >= 0.3 is 0 Å². The molecule has 1 aliphatic heterocycles.